The van der Waals surface area contributed by atoms with E-state index in [0.29, 0.717) is 4.83 Å². The van der Waals surface area contributed by atoms with Gasteiger partial charge in [-0.3, -0.25) is 0 Å². The highest BCUT2D eigenvalue weighted by Crippen LogP contribution is 2.42. The minimum atomic E-state index is 0.577. The lowest BCUT2D eigenvalue weighted by molar-refractivity contribution is 1.13. The van der Waals surface area contributed by atoms with Crippen LogP contribution in [0.3, 0.4) is 0 Å². The maximum atomic E-state index is 3.62. The lowest BCUT2D eigenvalue weighted by Crippen LogP contribution is -1.82. The molecule has 1 aromatic carbocycles. The van der Waals surface area contributed by atoms with Crippen LogP contribution in [0.4, 0.5) is 0 Å². The summed E-state index contributed by atoms with van der Waals surface area (Å²) in [5.41, 5.74) is 1.45. The Balaban J connectivity index is 2.51. The molecule has 0 aliphatic carbocycles. The van der Waals surface area contributed by atoms with Crippen LogP contribution >= 0.6 is 27.7 Å². The van der Waals surface area contributed by atoms with Crippen molar-refractivity contribution in [2.24, 2.45) is 0 Å². The summed E-state index contributed by atoms with van der Waals surface area (Å²) in [7, 11) is 0. The first kappa shape index (κ1) is 6.74. The zero-order chi connectivity index (χ0) is 6.97. The number of fused-ring (bicyclic) bond motifs is 1. The maximum Gasteiger partial charge on any atom is 0.0500 e. The van der Waals surface area contributed by atoms with E-state index in [1.165, 1.54) is 16.2 Å². The van der Waals surface area contributed by atoms with Crippen molar-refractivity contribution in [1.29, 1.82) is 0 Å². The predicted octanol–water partition coefficient (Wildman–Crippen LogP) is 3.23. The normalized spacial score (nSPS) is 22.7. The van der Waals surface area contributed by atoms with Gasteiger partial charge in [0.15, 0.2) is 0 Å². The Morgan fingerprint density at radius 2 is 2.20 bits per heavy atom. The van der Waals surface area contributed by atoms with Crippen LogP contribution in [-0.2, 0) is 0 Å². The Morgan fingerprint density at radius 3 is 3.00 bits per heavy atom. The molecule has 0 saturated heterocycles. The summed E-state index contributed by atoms with van der Waals surface area (Å²) in [6.07, 6.45) is 0. The van der Waals surface area contributed by atoms with Gasteiger partial charge in [-0.1, -0.05) is 34.1 Å². The number of benzene rings is 1. The molecule has 2 heteroatoms. The average Bonchev–Trinajstić information content (AvgIpc) is 2.34. The van der Waals surface area contributed by atoms with Gasteiger partial charge in [-0.15, -0.1) is 11.8 Å². The van der Waals surface area contributed by atoms with Gasteiger partial charge in [0.2, 0.25) is 0 Å². The quantitative estimate of drug-likeness (QED) is 0.598. The van der Waals surface area contributed by atoms with E-state index >= 15 is 0 Å². The first-order chi connectivity index (χ1) is 4.88. The standard InChI is InChI=1S/C8H7BrS/c9-7-5-10-8-4-2-1-3-6(7)8/h1-4,7H,5H2/t7-/m1/s1. The molecule has 0 bridgehead atoms. The second-order valence-corrected chi connectivity index (χ2v) is 4.48. The fraction of sp³-hybridized carbons (Fsp3) is 0.250. The van der Waals surface area contributed by atoms with Crippen molar-refractivity contribution < 1.29 is 0 Å². The molecule has 0 nitrogen and oxygen atoms in total. The van der Waals surface area contributed by atoms with Crippen LogP contribution < -0.4 is 0 Å². The summed E-state index contributed by atoms with van der Waals surface area (Å²) >= 11 is 5.55. The average molecular weight is 215 g/mol. The number of hydrogen-bond donors (Lipinski definition) is 0. The molecule has 0 fully saturated rings. The Bertz CT molecular complexity index is 247. The smallest absolute Gasteiger partial charge is 0.0500 e. The lowest BCUT2D eigenvalue weighted by atomic mass is 10.2. The molecule has 10 heavy (non-hydrogen) atoms. The van der Waals surface area contributed by atoms with E-state index < -0.39 is 0 Å². The molecule has 0 unspecified atom stereocenters. The van der Waals surface area contributed by atoms with Gasteiger partial charge in [0.05, 0.1) is 0 Å². The van der Waals surface area contributed by atoms with E-state index in [9.17, 15) is 0 Å². The van der Waals surface area contributed by atoms with E-state index in [-0.39, 0.29) is 0 Å². The molecule has 1 aliphatic heterocycles. The van der Waals surface area contributed by atoms with Gasteiger partial charge in [0, 0.05) is 15.5 Å². The zero-order valence-electron chi connectivity index (χ0n) is 5.38. The molecule has 0 aromatic heterocycles. The number of rotatable bonds is 0. The Labute approximate surface area is 73.1 Å². The summed E-state index contributed by atoms with van der Waals surface area (Å²) in [4.78, 5) is 2.01. The summed E-state index contributed by atoms with van der Waals surface area (Å²) in [6, 6.07) is 8.56. The molecule has 1 aromatic rings. The van der Waals surface area contributed by atoms with Crippen molar-refractivity contribution in [2.75, 3.05) is 5.75 Å². The Hall–Kier alpha value is 0.0500. The molecular weight excluding hydrogens is 208 g/mol. The topological polar surface area (TPSA) is 0 Å². The van der Waals surface area contributed by atoms with Crippen LogP contribution in [-0.4, -0.2) is 5.75 Å². The molecule has 1 aliphatic rings. The number of halogens is 1. The van der Waals surface area contributed by atoms with Crippen LogP contribution in [0.2, 0.25) is 0 Å². The third-order valence-corrected chi connectivity index (χ3v) is 4.07. The molecule has 0 N–H and O–H groups in total. The number of hydrogen-bond acceptors (Lipinski definition) is 1. The number of alkyl halides is 1. The highest BCUT2D eigenvalue weighted by molar-refractivity contribution is 9.09. The van der Waals surface area contributed by atoms with E-state index in [1.54, 1.807) is 0 Å². The molecule has 1 atom stereocenters. The van der Waals surface area contributed by atoms with Crippen LogP contribution in [0.5, 0.6) is 0 Å². The summed E-state index contributed by atoms with van der Waals surface area (Å²) in [5, 5.41) is 0. The second-order valence-electron chi connectivity index (χ2n) is 2.32. The van der Waals surface area contributed by atoms with E-state index in [0.717, 1.165) is 0 Å². The van der Waals surface area contributed by atoms with Crippen LogP contribution in [0.25, 0.3) is 0 Å². The van der Waals surface area contributed by atoms with Crippen LogP contribution in [0.1, 0.15) is 10.4 Å². The van der Waals surface area contributed by atoms with E-state index in [1.807, 2.05) is 11.8 Å². The predicted molar refractivity (Wildman–Crippen MR) is 48.8 cm³/mol. The third-order valence-electron chi connectivity index (χ3n) is 1.64. The minimum Gasteiger partial charge on any atom is -0.124 e. The molecule has 0 saturated carbocycles. The van der Waals surface area contributed by atoms with Gasteiger partial charge in [-0.25, -0.2) is 0 Å². The molecule has 0 spiro atoms. The molecule has 1 heterocycles. The van der Waals surface area contributed by atoms with Gasteiger partial charge in [0.25, 0.3) is 0 Å². The van der Waals surface area contributed by atoms with Crippen molar-refractivity contribution >= 4 is 27.7 Å². The second kappa shape index (κ2) is 2.59. The Kier molecular flexibility index (Phi) is 1.75. The maximum absolute atomic E-state index is 3.62. The zero-order valence-corrected chi connectivity index (χ0v) is 7.78. The highest BCUT2D eigenvalue weighted by atomic mass is 79.9. The van der Waals surface area contributed by atoms with E-state index in [4.69, 9.17) is 0 Å². The van der Waals surface area contributed by atoms with Gasteiger partial charge in [-0.2, -0.15) is 0 Å². The fourth-order valence-corrected chi connectivity index (χ4v) is 3.13. The molecule has 0 radical (unpaired) electrons. The van der Waals surface area contributed by atoms with Crippen molar-refractivity contribution in [3.63, 3.8) is 0 Å². The first-order valence-corrected chi connectivity index (χ1v) is 5.14. The monoisotopic (exact) mass is 214 g/mol. The Morgan fingerprint density at radius 1 is 1.40 bits per heavy atom. The lowest BCUT2D eigenvalue weighted by Gasteiger charge is -1.98. The highest BCUT2D eigenvalue weighted by Gasteiger charge is 2.18. The third kappa shape index (κ3) is 0.995. The van der Waals surface area contributed by atoms with Crippen molar-refractivity contribution in [1.82, 2.24) is 0 Å². The van der Waals surface area contributed by atoms with Crippen molar-refractivity contribution in [2.45, 2.75) is 9.72 Å². The molecule has 0 amide bonds. The summed E-state index contributed by atoms with van der Waals surface area (Å²) in [6.45, 7) is 0. The number of thioether (sulfide) groups is 1. The molecule has 52 valence electrons. The largest absolute Gasteiger partial charge is 0.124 e. The van der Waals surface area contributed by atoms with Gasteiger partial charge in [-0.05, 0) is 11.6 Å². The van der Waals surface area contributed by atoms with Crippen molar-refractivity contribution in [3.05, 3.63) is 29.8 Å². The summed E-state index contributed by atoms with van der Waals surface area (Å²) < 4.78 is 0. The van der Waals surface area contributed by atoms with Crippen LogP contribution in [0.15, 0.2) is 29.2 Å². The first-order valence-electron chi connectivity index (χ1n) is 3.24. The molecule has 2 rings (SSSR count). The van der Waals surface area contributed by atoms with Gasteiger partial charge >= 0.3 is 0 Å². The van der Waals surface area contributed by atoms with Crippen LogP contribution in [0, 0.1) is 0 Å². The van der Waals surface area contributed by atoms with Gasteiger partial charge < -0.3 is 0 Å². The van der Waals surface area contributed by atoms with Gasteiger partial charge in [0.1, 0.15) is 0 Å². The summed E-state index contributed by atoms with van der Waals surface area (Å²) in [5.74, 6) is 1.18. The van der Waals surface area contributed by atoms with Crippen molar-refractivity contribution in [3.8, 4) is 0 Å². The minimum absolute atomic E-state index is 0.577. The fourth-order valence-electron chi connectivity index (χ4n) is 1.12. The molecular formula is C8H7BrS. The SMILES string of the molecule is Br[C@@H]1CSc2ccccc21. The van der Waals surface area contributed by atoms with E-state index in [2.05, 4.69) is 40.2 Å².